The molecule has 5 heteroatoms. The van der Waals surface area contributed by atoms with E-state index in [0.717, 1.165) is 6.29 Å². The number of amides is 1. The molecule has 0 saturated heterocycles. The monoisotopic (exact) mass is 285 g/mol. The van der Waals surface area contributed by atoms with E-state index in [1.54, 1.807) is 49.4 Å². The van der Waals surface area contributed by atoms with Crippen molar-refractivity contribution in [3.63, 3.8) is 0 Å². The molecule has 2 rings (SSSR count). The van der Waals surface area contributed by atoms with E-state index in [1.165, 1.54) is 6.07 Å². The number of phenolic OH excluding ortho intramolecular Hbond substituents is 1. The van der Waals surface area contributed by atoms with Crippen LogP contribution in [0.25, 0.3) is 0 Å². The van der Waals surface area contributed by atoms with E-state index < -0.39 is 11.7 Å². The number of ether oxygens (including phenoxy) is 1. The van der Waals surface area contributed by atoms with Gasteiger partial charge in [0, 0.05) is 16.7 Å². The number of aromatic hydroxyl groups is 1. The second kappa shape index (κ2) is 5.66. The Balaban J connectivity index is 2.58. The molecular weight excluding hydrogens is 270 g/mol. The van der Waals surface area contributed by atoms with Gasteiger partial charge in [0.15, 0.2) is 5.60 Å². The first-order valence-electron chi connectivity index (χ1n) is 6.30. The van der Waals surface area contributed by atoms with Crippen LogP contribution in [0.3, 0.4) is 0 Å². The topological polar surface area (TPSA) is 89.6 Å². The normalized spacial score (nSPS) is 13.2. The highest BCUT2D eigenvalue weighted by Gasteiger charge is 2.35. The van der Waals surface area contributed by atoms with E-state index in [2.05, 4.69) is 0 Å². The number of carbonyl (C=O) groups is 2. The van der Waals surface area contributed by atoms with E-state index in [1.807, 2.05) is 0 Å². The lowest BCUT2D eigenvalue weighted by molar-refractivity contribution is 0.0578. The van der Waals surface area contributed by atoms with Gasteiger partial charge in [-0.05, 0) is 13.0 Å². The second-order valence-electron chi connectivity index (χ2n) is 4.71. The van der Waals surface area contributed by atoms with Crippen molar-refractivity contribution in [2.75, 3.05) is 0 Å². The lowest BCUT2D eigenvalue weighted by Crippen LogP contribution is -2.33. The van der Waals surface area contributed by atoms with E-state index in [0.29, 0.717) is 16.7 Å². The van der Waals surface area contributed by atoms with Gasteiger partial charge in [-0.3, -0.25) is 4.79 Å². The van der Waals surface area contributed by atoms with Crippen molar-refractivity contribution < 1.29 is 19.4 Å². The molecule has 0 heterocycles. The summed E-state index contributed by atoms with van der Waals surface area (Å²) in [6.45, 7) is 1.63. The smallest absolute Gasteiger partial charge is 0.405 e. The maximum absolute atomic E-state index is 11.3. The molecule has 2 aromatic rings. The lowest BCUT2D eigenvalue weighted by Gasteiger charge is -2.30. The van der Waals surface area contributed by atoms with E-state index in [9.17, 15) is 14.7 Å². The van der Waals surface area contributed by atoms with Crippen LogP contribution in [0.15, 0.2) is 48.5 Å². The maximum Gasteiger partial charge on any atom is 0.405 e. The molecule has 0 aliphatic heterocycles. The molecule has 1 atom stereocenters. The van der Waals surface area contributed by atoms with Gasteiger partial charge in [0.1, 0.15) is 12.0 Å². The molecule has 0 saturated carbocycles. The Kier molecular flexibility index (Phi) is 3.93. The molecule has 0 spiro atoms. The van der Waals surface area contributed by atoms with Crippen LogP contribution in [0.1, 0.15) is 28.4 Å². The molecule has 0 fully saturated rings. The van der Waals surface area contributed by atoms with Crippen LogP contribution >= 0.6 is 0 Å². The van der Waals surface area contributed by atoms with Crippen LogP contribution in [0.2, 0.25) is 0 Å². The van der Waals surface area contributed by atoms with E-state index >= 15 is 0 Å². The van der Waals surface area contributed by atoms with Gasteiger partial charge in [0.05, 0.1) is 0 Å². The van der Waals surface area contributed by atoms with Gasteiger partial charge in [-0.2, -0.15) is 0 Å². The van der Waals surface area contributed by atoms with Crippen LogP contribution in [0.4, 0.5) is 4.79 Å². The molecule has 1 amide bonds. The van der Waals surface area contributed by atoms with Crippen molar-refractivity contribution in [3.8, 4) is 5.75 Å². The van der Waals surface area contributed by atoms with Crippen LogP contribution in [-0.2, 0) is 10.3 Å². The average Bonchev–Trinajstić information content (AvgIpc) is 2.47. The number of nitrogens with two attached hydrogens (primary N) is 1. The van der Waals surface area contributed by atoms with Gasteiger partial charge < -0.3 is 15.6 Å². The molecule has 1 unspecified atom stereocenters. The largest absolute Gasteiger partial charge is 0.508 e. The number of hydrogen-bond donors (Lipinski definition) is 2. The number of hydrogen-bond acceptors (Lipinski definition) is 4. The molecule has 21 heavy (non-hydrogen) atoms. The number of rotatable bonds is 4. The molecule has 0 aliphatic rings. The Hall–Kier alpha value is -2.82. The summed E-state index contributed by atoms with van der Waals surface area (Å²) < 4.78 is 5.25. The number of benzene rings is 2. The third kappa shape index (κ3) is 2.86. The number of phenols is 1. The van der Waals surface area contributed by atoms with Gasteiger partial charge in [0.25, 0.3) is 0 Å². The zero-order valence-electron chi connectivity index (χ0n) is 11.4. The predicted octanol–water partition coefficient (Wildman–Crippen LogP) is 2.56. The highest BCUT2D eigenvalue weighted by atomic mass is 16.6. The van der Waals surface area contributed by atoms with Crippen molar-refractivity contribution in [2.45, 2.75) is 12.5 Å². The summed E-state index contributed by atoms with van der Waals surface area (Å²) in [6, 6.07) is 13.0. The molecular formula is C16H15NO4. The molecule has 0 bridgehead atoms. The molecule has 0 radical (unpaired) electrons. The quantitative estimate of drug-likeness (QED) is 0.845. The van der Waals surface area contributed by atoms with Gasteiger partial charge in [0.2, 0.25) is 0 Å². The van der Waals surface area contributed by atoms with E-state index in [4.69, 9.17) is 10.5 Å². The lowest BCUT2D eigenvalue weighted by atomic mass is 9.87. The predicted molar refractivity (Wildman–Crippen MR) is 77.1 cm³/mol. The van der Waals surface area contributed by atoms with Crippen LogP contribution in [-0.4, -0.2) is 17.5 Å². The molecule has 108 valence electrons. The third-order valence-electron chi connectivity index (χ3n) is 3.32. The second-order valence-corrected chi connectivity index (χ2v) is 4.71. The Morgan fingerprint density at radius 1 is 1.19 bits per heavy atom. The van der Waals surface area contributed by atoms with Gasteiger partial charge in [-0.15, -0.1) is 0 Å². The fourth-order valence-corrected chi connectivity index (χ4v) is 2.23. The fraction of sp³-hybridized carbons (Fsp3) is 0.125. The van der Waals surface area contributed by atoms with Crippen molar-refractivity contribution in [1.29, 1.82) is 0 Å². The highest BCUT2D eigenvalue weighted by molar-refractivity contribution is 5.75. The zero-order valence-corrected chi connectivity index (χ0v) is 11.4. The summed E-state index contributed by atoms with van der Waals surface area (Å²) >= 11 is 0. The highest BCUT2D eigenvalue weighted by Crippen LogP contribution is 2.38. The van der Waals surface area contributed by atoms with Crippen LogP contribution in [0, 0.1) is 0 Å². The molecule has 2 aromatic carbocycles. The summed E-state index contributed by atoms with van der Waals surface area (Å²) in [6.07, 6.45) is -0.240. The first-order chi connectivity index (χ1) is 9.97. The SMILES string of the molecule is CC(OC(N)=O)(c1ccc(C=O)cc1)c1ccccc1O. The van der Waals surface area contributed by atoms with Crippen LogP contribution in [0.5, 0.6) is 5.75 Å². The van der Waals surface area contributed by atoms with Crippen molar-refractivity contribution >= 4 is 12.4 Å². The van der Waals surface area contributed by atoms with Gasteiger partial charge >= 0.3 is 6.09 Å². The molecule has 0 aromatic heterocycles. The fourth-order valence-electron chi connectivity index (χ4n) is 2.23. The minimum Gasteiger partial charge on any atom is -0.508 e. The number of carbonyl (C=O) groups excluding carboxylic acids is 2. The van der Waals surface area contributed by atoms with Crippen molar-refractivity contribution in [3.05, 3.63) is 65.2 Å². The molecule has 5 nitrogen and oxygen atoms in total. The number of aldehydes is 1. The zero-order chi connectivity index (χ0) is 15.5. The first-order valence-corrected chi connectivity index (χ1v) is 6.30. The Morgan fingerprint density at radius 3 is 2.33 bits per heavy atom. The number of primary amides is 1. The summed E-state index contributed by atoms with van der Waals surface area (Å²) in [4.78, 5) is 22.0. The summed E-state index contributed by atoms with van der Waals surface area (Å²) in [5, 5.41) is 10.0. The molecule has 3 N–H and O–H groups in total. The summed E-state index contributed by atoms with van der Waals surface area (Å²) in [5.74, 6) is -0.0132. The standard InChI is InChI=1S/C16H15NO4/c1-16(21-15(17)20,13-4-2-3-5-14(13)19)12-8-6-11(10-18)7-9-12/h2-10,19H,1H3,(H2,17,20). The summed E-state index contributed by atoms with van der Waals surface area (Å²) in [5.41, 5.74) is 5.40. The minimum atomic E-state index is -1.25. The van der Waals surface area contributed by atoms with Gasteiger partial charge in [-0.25, -0.2) is 4.79 Å². The average molecular weight is 285 g/mol. The molecule has 0 aliphatic carbocycles. The Labute approximate surface area is 122 Å². The third-order valence-corrected chi connectivity index (χ3v) is 3.32. The maximum atomic E-state index is 11.3. The Morgan fingerprint density at radius 2 is 1.81 bits per heavy atom. The minimum absolute atomic E-state index is 0.0132. The Bertz CT molecular complexity index is 666. The van der Waals surface area contributed by atoms with Crippen molar-refractivity contribution in [2.24, 2.45) is 5.73 Å². The number of para-hydroxylation sites is 1. The van der Waals surface area contributed by atoms with E-state index in [-0.39, 0.29) is 5.75 Å². The van der Waals surface area contributed by atoms with Gasteiger partial charge in [-0.1, -0.05) is 42.5 Å². The van der Waals surface area contributed by atoms with Crippen LogP contribution < -0.4 is 5.73 Å². The van der Waals surface area contributed by atoms with Crippen molar-refractivity contribution in [1.82, 2.24) is 0 Å². The summed E-state index contributed by atoms with van der Waals surface area (Å²) in [7, 11) is 0. The first kappa shape index (κ1) is 14.6.